The van der Waals surface area contributed by atoms with Gasteiger partial charge in [-0.15, -0.1) is 0 Å². The fraction of sp³-hybridized carbons (Fsp3) is 0.323. The number of ether oxygens (including phenoxy) is 2. The van der Waals surface area contributed by atoms with E-state index >= 15 is 0 Å². The van der Waals surface area contributed by atoms with Gasteiger partial charge in [0.25, 0.3) is 5.91 Å². The van der Waals surface area contributed by atoms with Crippen molar-refractivity contribution in [2.24, 2.45) is 0 Å². The molecule has 0 aliphatic carbocycles. The van der Waals surface area contributed by atoms with Crippen molar-refractivity contribution in [1.29, 1.82) is 0 Å². The van der Waals surface area contributed by atoms with E-state index in [9.17, 15) is 45.1 Å². The van der Waals surface area contributed by atoms with Crippen molar-refractivity contribution in [2.45, 2.75) is 26.1 Å². The maximum absolute atomic E-state index is 14.8. The van der Waals surface area contributed by atoms with Crippen molar-refractivity contribution in [3.8, 4) is 17.0 Å². The summed E-state index contributed by atoms with van der Waals surface area (Å²) in [5.41, 5.74) is 1.70. The van der Waals surface area contributed by atoms with E-state index in [0.717, 1.165) is 12.1 Å². The van der Waals surface area contributed by atoms with Crippen LogP contribution in [0.3, 0.4) is 0 Å². The molecule has 1 amide bonds. The van der Waals surface area contributed by atoms with Crippen molar-refractivity contribution in [3.05, 3.63) is 71.7 Å². The highest BCUT2D eigenvalue weighted by molar-refractivity contribution is 5.96. The Morgan fingerprint density at radius 3 is 2.49 bits per heavy atom. The van der Waals surface area contributed by atoms with Crippen molar-refractivity contribution in [2.75, 3.05) is 45.2 Å². The predicted molar refractivity (Wildman–Crippen MR) is 163 cm³/mol. The van der Waals surface area contributed by atoms with Gasteiger partial charge in [-0.25, -0.2) is 33.7 Å². The third-order valence-electron chi connectivity index (χ3n) is 6.95. The highest BCUT2D eigenvalue weighted by atomic mass is 19.4. The molecule has 0 saturated heterocycles. The van der Waals surface area contributed by atoms with E-state index in [1.54, 1.807) is 18.2 Å². The number of rotatable bonds is 15. The largest absolute Gasteiger partial charge is 0.495 e. The molecule has 20 heteroatoms. The van der Waals surface area contributed by atoms with Crippen LogP contribution in [-0.4, -0.2) is 89.8 Å². The predicted octanol–water partition coefficient (Wildman–Crippen LogP) is 4.82. The van der Waals surface area contributed by atoms with E-state index in [1.807, 2.05) is 6.92 Å². The Labute approximate surface area is 284 Å². The van der Waals surface area contributed by atoms with E-state index in [4.69, 9.17) is 4.74 Å². The zero-order valence-electron chi connectivity index (χ0n) is 26.7. The number of alkyl halides is 5. The van der Waals surface area contributed by atoms with E-state index in [0.29, 0.717) is 23.2 Å². The van der Waals surface area contributed by atoms with E-state index in [1.165, 1.54) is 34.9 Å². The van der Waals surface area contributed by atoms with Gasteiger partial charge in [0, 0.05) is 42.3 Å². The van der Waals surface area contributed by atoms with Gasteiger partial charge in [0.05, 0.1) is 25.1 Å². The summed E-state index contributed by atoms with van der Waals surface area (Å²) >= 11 is 0. The number of anilines is 2. The summed E-state index contributed by atoms with van der Waals surface area (Å²) < 4.78 is 101. The summed E-state index contributed by atoms with van der Waals surface area (Å²) in [7, 11) is 1.45. The summed E-state index contributed by atoms with van der Waals surface area (Å²) in [5, 5.41) is 5.82. The minimum atomic E-state index is -5.30. The van der Waals surface area contributed by atoms with Crippen LogP contribution in [0.1, 0.15) is 22.8 Å². The standard InChI is InChI=1S/C31H29F7N6O7/c1-3-17-14-18(4-5-19(17)28(46)40-9-12-48-13-11-43(2)16-23(45)50-51-29(47)31(36,37)38)42-26-27-41-15-21(44(27)10-8-39-26)20-6-7-22(49-30(34)35)25(33)24(20)32/h4-8,10,14-15,30H,3,9,11-13,16H2,1-2H3,(H,39,42)(H,40,46). The molecule has 4 rings (SSSR count). The molecular formula is C31H29F7N6O7. The van der Waals surface area contributed by atoms with Gasteiger partial charge in [0.15, 0.2) is 23.0 Å². The first-order valence-electron chi connectivity index (χ1n) is 14.9. The summed E-state index contributed by atoms with van der Waals surface area (Å²) in [6.45, 7) is -1.50. The van der Waals surface area contributed by atoms with Crippen LogP contribution in [-0.2, 0) is 30.5 Å². The van der Waals surface area contributed by atoms with Crippen molar-refractivity contribution >= 4 is 35.0 Å². The molecule has 0 saturated carbocycles. The van der Waals surface area contributed by atoms with Crippen LogP contribution in [0.2, 0.25) is 0 Å². The van der Waals surface area contributed by atoms with Crippen LogP contribution in [0, 0.1) is 11.6 Å². The molecule has 0 bridgehead atoms. The Bertz CT molecular complexity index is 1870. The van der Waals surface area contributed by atoms with Gasteiger partial charge in [-0.2, -0.15) is 26.3 Å². The van der Waals surface area contributed by atoms with E-state index < -0.39 is 48.7 Å². The Morgan fingerprint density at radius 2 is 1.78 bits per heavy atom. The van der Waals surface area contributed by atoms with E-state index in [-0.39, 0.29) is 54.9 Å². The lowest BCUT2D eigenvalue weighted by molar-refractivity contribution is -0.286. The van der Waals surface area contributed by atoms with Gasteiger partial charge >= 0.3 is 24.7 Å². The highest BCUT2D eigenvalue weighted by Gasteiger charge is 2.43. The Balaban J connectivity index is 1.30. The third kappa shape index (κ3) is 10.0. The monoisotopic (exact) mass is 730 g/mol. The molecule has 2 N–H and O–H groups in total. The molecule has 0 spiro atoms. The lowest BCUT2D eigenvalue weighted by atomic mass is 10.0. The molecule has 2 aromatic heterocycles. The molecule has 0 aliphatic heterocycles. The molecule has 0 atom stereocenters. The number of hydrogen-bond donors (Lipinski definition) is 2. The van der Waals surface area contributed by atoms with Gasteiger partial charge in [-0.05, 0) is 49.4 Å². The zero-order chi connectivity index (χ0) is 37.3. The van der Waals surface area contributed by atoms with Gasteiger partial charge in [0.2, 0.25) is 5.82 Å². The molecule has 51 heavy (non-hydrogen) atoms. The number of benzene rings is 2. The smallest absolute Gasteiger partial charge is 0.432 e. The number of amides is 1. The first kappa shape index (κ1) is 38.3. The SMILES string of the molecule is CCc1cc(Nc2nccn3c(-c4ccc(OC(F)F)c(F)c4F)cnc23)ccc1C(=O)NCCOCCN(C)CC(=O)OOC(=O)C(F)(F)F. The average Bonchev–Trinajstić information content (AvgIpc) is 3.51. The summed E-state index contributed by atoms with van der Waals surface area (Å²) in [5.74, 6) is -7.94. The number of carbonyl (C=O) groups excluding carboxylic acids is 3. The summed E-state index contributed by atoms with van der Waals surface area (Å²) in [6, 6.07) is 6.92. The molecule has 0 aliphatic rings. The van der Waals surface area contributed by atoms with Crippen LogP contribution in [0.4, 0.5) is 42.2 Å². The highest BCUT2D eigenvalue weighted by Crippen LogP contribution is 2.32. The van der Waals surface area contributed by atoms with Crippen molar-refractivity contribution in [1.82, 2.24) is 24.6 Å². The lowest BCUT2D eigenvalue weighted by Crippen LogP contribution is -2.33. The second-order valence-corrected chi connectivity index (χ2v) is 10.5. The van der Waals surface area contributed by atoms with Gasteiger partial charge < -0.3 is 20.1 Å². The Hall–Kier alpha value is -5.50. The van der Waals surface area contributed by atoms with Gasteiger partial charge in [-0.3, -0.25) is 14.1 Å². The maximum Gasteiger partial charge on any atom is 0.495 e. The minimum Gasteiger partial charge on any atom is -0.432 e. The maximum atomic E-state index is 14.8. The number of hydrogen-bond acceptors (Lipinski definition) is 11. The van der Waals surface area contributed by atoms with Crippen molar-refractivity contribution in [3.63, 3.8) is 0 Å². The molecule has 0 radical (unpaired) electrons. The zero-order valence-corrected chi connectivity index (χ0v) is 26.7. The normalized spacial score (nSPS) is 11.6. The number of aryl methyl sites for hydroxylation is 1. The third-order valence-corrected chi connectivity index (χ3v) is 6.95. The van der Waals surface area contributed by atoms with Crippen LogP contribution in [0.5, 0.6) is 5.75 Å². The summed E-state index contributed by atoms with van der Waals surface area (Å²) in [6.07, 6.45) is -0.717. The second kappa shape index (κ2) is 16.9. The molecule has 274 valence electrons. The molecule has 0 fully saturated rings. The number of halogens is 7. The number of likely N-dealkylation sites (N-methyl/N-ethyl adjacent to an activating group) is 1. The van der Waals surface area contributed by atoms with Gasteiger partial charge in [-0.1, -0.05) is 6.92 Å². The van der Waals surface area contributed by atoms with Crippen LogP contribution in [0.25, 0.3) is 16.9 Å². The average molecular weight is 731 g/mol. The van der Waals surface area contributed by atoms with Gasteiger partial charge in [0.1, 0.15) is 6.54 Å². The molecule has 0 unspecified atom stereocenters. The lowest BCUT2D eigenvalue weighted by Gasteiger charge is -2.15. The number of nitrogens with zero attached hydrogens (tertiary/aromatic N) is 4. The quantitative estimate of drug-likeness (QED) is 0.0752. The minimum absolute atomic E-state index is 0.0930. The van der Waals surface area contributed by atoms with Crippen LogP contribution < -0.4 is 15.4 Å². The first-order chi connectivity index (χ1) is 24.2. The number of fused-ring (bicyclic) bond motifs is 1. The topological polar surface area (TPSA) is 146 Å². The van der Waals surface area contributed by atoms with Crippen LogP contribution in [0.15, 0.2) is 48.9 Å². The molecular weight excluding hydrogens is 701 g/mol. The molecule has 13 nitrogen and oxygen atoms in total. The number of aromatic nitrogens is 3. The Morgan fingerprint density at radius 1 is 1.02 bits per heavy atom. The fourth-order valence-electron chi connectivity index (χ4n) is 4.56. The Kier molecular flexibility index (Phi) is 12.7. The fourth-order valence-corrected chi connectivity index (χ4v) is 4.56. The van der Waals surface area contributed by atoms with Crippen LogP contribution >= 0.6 is 0 Å². The molecule has 2 aromatic carbocycles. The van der Waals surface area contributed by atoms with E-state index in [2.05, 4.69) is 35.1 Å². The number of carbonyl (C=O) groups is 3. The molecule has 2 heterocycles. The molecule has 4 aromatic rings. The number of imidazole rings is 1. The first-order valence-corrected chi connectivity index (χ1v) is 14.9. The van der Waals surface area contributed by atoms with Crippen molar-refractivity contribution < 1.29 is 64.4 Å². The summed E-state index contributed by atoms with van der Waals surface area (Å²) in [4.78, 5) is 52.1. The second-order valence-electron chi connectivity index (χ2n) is 10.5. The number of nitrogens with one attached hydrogen (secondary N) is 2.